The first-order chi connectivity index (χ1) is 9.72. The maximum atomic E-state index is 12.3. The molecule has 0 aromatic heterocycles. The Morgan fingerprint density at radius 3 is 2.25 bits per heavy atom. The molecule has 0 aromatic carbocycles. The zero-order valence-corrected chi connectivity index (χ0v) is 13.3. The molecule has 3 nitrogen and oxygen atoms in total. The van der Waals surface area contributed by atoms with Gasteiger partial charge in [0.1, 0.15) is 0 Å². The summed E-state index contributed by atoms with van der Waals surface area (Å²) in [5.41, 5.74) is 0. The number of rotatable bonds is 5. The summed E-state index contributed by atoms with van der Waals surface area (Å²) in [6.07, 6.45) is 10.8. The Kier molecular flexibility index (Phi) is 6.34. The van der Waals surface area contributed by atoms with Gasteiger partial charge in [0.25, 0.3) is 0 Å². The van der Waals surface area contributed by atoms with Crippen LogP contribution in [0.4, 0.5) is 0 Å². The van der Waals surface area contributed by atoms with Crippen LogP contribution in [0.25, 0.3) is 0 Å². The Hall–Kier alpha value is -0.570. The van der Waals surface area contributed by atoms with Crippen molar-refractivity contribution >= 4 is 5.91 Å². The van der Waals surface area contributed by atoms with E-state index in [0.717, 1.165) is 37.8 Å². The van der Waals surface area contributed by atoms with E-state index in [9.17, 15) is 4.79 Å². The fourth-order valence-corrected chi connectivity index (χ4v) is 3.73. The zero-order chi connectivity index (χ0) is 14.4. The molecular weight excluding hydrogens is 250 g/mol. The number of carbonyl (C=O) groups is 1. The maximum absolute atomic E-state index is 12.3. The van der Waals surface area contributed by atoms with Crippen LogP contribution in [0.5, 0.6) is 0 Å². The van der Waals surface area contributed by atoms with Crippen LogP contribution < -0.4 is 0 Å². The van der Waals surface area contributed by atoms with Gasteiger partial charge in [0.2, 0.25) is 5.91 Å². The molecule has 0 aromatic rings. The number of likely N-dealkylation sites (tertiary alicyclic amines) is 1. The van der Waals surface area contributed by atoms with Crippen LogP contribution in [0.2, 0.25) is 0 Å². The molecule has 0 radical (unpaired) electrons. The highest BCUT2D eigenvalue weighted by molar-refractivity contribution is 5.76. The lowest BCUT2D eigenvalue weighted by atomic mass is 9.84. The van der Waals surface area contributed by atoms with E-state index in [2.05, 4.69) is 11.8 Å². The number of piperidine rings is 1. The summed E-state index contributed by atoms with van der Waals surface area (Å²) in [5.74, 6) is 2.00. The van der Waals surface area contributed by atoms with E-state index in [-0.39, 0.29) is 0 Å². The average Bonchev–Trinajstić information content (AvgIpc) is 2.53. The lowest BCUT2D eigenvalue weighted by Crippen LogP contribution is -2.38. The van der Waals surface area contributed by atoms with Crippen molar-refractivity contribution in [2.45, 2.75) is 70.8 Å². The van der Waals surface area contributed by atoms with Crippen LogP contribution >= 0.6 is 0 Å². The number of ether oxygens (including phenoxy) is 1. The van der Waals surface area contributed by atoms with Gasteiger partial charge in [-0.15, -0.1) is 0 Å². The summed E-state index contributed by atoms with van der Waals surface area (Å²) in [6.45, 7) is 4.25. The third-order valence-electron chi connectivity index (χ3n) is 5.44. The first kappa shape index (κ1) is 15.8. The van der Waals surface area contributed by atoms with Gasteiger partial charge in [-0.25, -0.2) is 0 Å². The topological polar surface area (TPSA) is 29.5 Å². The van der Waals surface area contributed by atoms with Gasteiger partial charge >= 0.3 is 0 Å². The average molecular weight is 281 g/mol. The monoisotopic (exact) mass is 281 g/mol. The molecule has 1 aliphatic heterocycles. The third-order valence-corrected chi connectivity index (χ3v) is 5.44. The van der Waals surface area contributed by atoms with Crippen molar-refractivity contribution in [1.82, 2.24) is 4.90 Å². The lowest BCUT2D eigenvalue weighted by molar-refractivity contribution is -0.133. The molecule has 1 amide bonds. The Labute approximate surface area is 124 Å². The fourth-order valence-electron chi connectivity index (χ4n) is 3.73. The molecule has 1 aliphatic carbocycles. The Morgan fingerprint density at radius 2 is 1.70 bits per heavy atom. The van der Waals surface area contributed by atoms with Gasteiger partial charge in [0.05, 0.1) is 6.10 Å². The Morgan fingerprint density at radius 1 is 1.05 bits per heavy atom. The second kappa shape index (κ2) is 8.02. The van der Waals surface area contributed by atoms with Gasteiger partial charge in [0.15, 0.2) is 0 Å². The summed E-state index contributed by atoms with van der Waals surface area (Å²) < 4.78 is 5.41. The van der Waals surface area contributed by atoms with E-state index in [1.54, 1.807) is 0 Å². The normalized spacial score (nSPS) is 28.6. The SMILES string of the molecule is CCC1CCN(C(=O)CCC2CCC(OC)CC2)CC1. The molecule has 1 saturated heterocycles. The molecule has 2 fully saturated rings. The maximum Gasteiger partial charge on any atom is 0.222 e. The molecule has 20 heavy (non-hydrogen) atoms. The highest BCUT2D eigenvalue weighted by atomic mass is 16.5. The fraction of sp³-hybridized carbons (Fsp3) is 0.941. The lowest BCUT2D eigenvalue weighted by Gasteiger charge is -2.32. The van der Waals surface area contributed by atoms with Crippen LogP contribution in [0.15, 0.2) is 0 Å². The highest BCUT2D eigenvalue weighted by Crippen LogP contribution is 2.29. The first-order valence-corrected chi connectivity index (χ1v) is 8.53. The summed E-state index contributed by atoms with van der Waals surface area (Å²) >= 11 is 0. The minimum absolute atomic E-state index is 0.397. The largest absolute Gasteiger partial charge is 0.381 e. The van der Waals surface area contributed by atoms with Gasteiger partial charge in [-0.3, -0.25) is 4.79 Å². The van der Waals surface area contributed by atoms with Crippen LogP contribution in [0, 0.1) is 11.8 Å². The molecule has 1 saturated carbocycles. The van der Waals surface area contributed by atoms with E-state index in [4.69, 9.17) is 4.74 Å². The second-order valence-corrected chi connectivity index (χ2v) is 6.65. The van der Waals surface area contributed by atoms with Crippen molar-refractivity contribution in [3.05, 3.63) is 0 Å². The van der Waals surface area contributed by atoms with Crippen LogP contribution in [0.3, 0.4) is 0 Å². The molecule has 0 unspecified atom stereocenters. The smallest absolute Gasteiger partial charge is 0.222 e. The Balaban J connectivity index is 1.63. The van der Waals surface area contributed by atoms with E-state index >= 15 is 0 Å². The first-order valence-electron chi connectivity index (χ1n) is 8.53. The van der Waals surface area contributed by atoms with E-state index < -0.39 is 0 Å². The molecule has 2 rings (SSSR count). The van der Waals surface area contributed by atoms with Crippen molar-refractivity contribution in [2.75, 3.05) is 20.2 Å². The third kappa shape index (κ3) is 4.47. The molecule has 2 aliphatic rings. The van der Waals surface area contributed by atoms with Crippen molar-refractivity contribution in [2.24, 2.45) is 11.8 Å². The summed E-state index contributed by atoms with van der Waals surface area (Å²) in [7, 11) is 1.81. The van der Waals surface area contributed by atoms with Gasteiger partial charge in [-0.05, 0) is 56.8 Å². The van der Waals surface area contributed by atoms with Gasteiger partial charge in [-0.2, -0.15) is 0 Å². The van der Waals surface area contributed by atoms with E-state index in [1.165, 1.54) is 44.9 Å². The quantitative estimate of drug-likeness (QED) is 0.770. The molecule has 1 heterocycles. The van der Waals surface area contributed by atoms with Crippen LogP contribution in [-0.2, 0) is 9.53 Å². The molecule has 116 valence electrons. The number of methoxy groups -OCH3 is 1. The van der Waals surface area contributed by atoms with E-state index in [1.807, 2.05) is 7.11 Å². The zero-order valence-electron chi connectivity index (χ0n) is 13.3. The second-order valence-electron chi connectivity index (χ2n) is 6.65. The molecule has 0 spiro atoms. The van der Waals surface area contributed by atoms with Crippen LogP contribution in [-0.4, -0.2) is 37.1 Å². The standard InChI is InChI=1S/C17H31NO2/c1-3-14-10-12-18(13-11-14)17(19)9-6-15-4-7-16(20-2)8-5-15/h14-16H,3-13H2,1-2H3. The van der Waals surface area contributed by atoms with Crippen molar-refractivity contribution in [1.29, 1.82) is 0 Å². The minimum atomic E-state index is 0.397. The van der Waals surface area contributed by atoms with Gasteiger partial charge in [-0.1, -0.05) is 13.3 Å². The minimum Gasteiger partial charge on any atom is -0.381 e. The molecule has 3 heteroatoms. The van der Waals surface area contributed by atoms with E-state index in [0.29, 0.717) is 12.0 Å². The molecule has 0 bridgehead atoms. The summed E-state index contributed by atoms with van der Waals surface area (Å²) in [6, 6.07) is 0. The predicted molar refractivity (Wildman–Crippen MR) is 81.6 cm³/mol. The summed E-state index contributed by atoms with van der Waals surface area (Å²) in [5, 5.41) is 0. The number of amides is 1. The predicted octanol–water partition coefficient (Wildman–Crippen LogP) is 3.62. The van der Waals surface area contributed by atoms with Crippen molar-refractivity contribution < 1.29 is 9.53 Å². The molecule has 0 N–H and O–H groups in total. The van der Waals surface area contributed by atoms with Gasteiger partial charge < -0.3 is 9.64 Å². The van der Waals surface area contributed by atoms with Gasteiger partial charge in [0, 0.05) is 26.6 Å². The summed E-state index contributed by atoms with van der Waals surface area (Å²) in [4.78, 5) is 14.4. The number of hydrogen-bond donors (Lipinski definition) is 0. The number of hydrogen-bond acceptors (Lipinski definition) is 2. The molecule has 0 atom stereocenters. The van der Waals surface area contributed by atoms with Crippen molar-refractivity contribution in [3.63, 3.8) is 0 Å². The highest BCUT2D eigenvalue weighted by Gasteiger charge is 2.24. The molecular formula is C17H31NO2. The van der Waals surface area contributed by atoms with Crippen LogP contribution in [0.1, 0.15) is 64.7 Å². The number of carbonyl (C=O) groups excluding carboxylic acids is 1. The number of nitrogens with zero attached hydrogens (tertiary/aromatic N) is 1. The Bertz CT molecular complexity index is 289. The van der Waals surface area contributed by atoms with Crippen molar-refractivity contribution in [3.8, 4) is 0 Å².